The Labute approximate surface area is 157 Å². The van der Waals surface area contributed by atoms with Gasteiger partial charge in [-0.25, -0.2) is 8.42 Å². The summed E-state index contributed by atoms with van der Waals surface area (Å²) >= 11 is 0. The summed E-state index contributed by atoms with van der Waals surface area (Å²) in [5, 5.41) is 5.17. The smallest absolute Gasteiger partial charge is 0.254 e. The van der Waals surface area contributed by atoms with Crippen LogP contribution in [0.15, 0.2) is 47.3 Å². The van der Waals surface area contributed by atoms with Crippen molar-refractivity contribution in [1.29, 1.82) is 0 Å². The van der Waals surface area contributed by atoms with Crippen LogP contribution in [0.1, 0.15) is 22.3 Å². The molecule has 1 aromatic carbocycles. The van der Waals surface area contributed by atoms with Crippen molar-refractivity contribution in [3.05, 3.63) is 54.0 Å². The molecule has 1 aliphatic heterocycles. The number of benzene rings is 1. The van der Waals surface area contributed by atoms with Gasteiger partial charge in [0.15, 0.2) is 0 Å². The van der Waals surface area contributed by atoms with Gasteiger partial charge in [-0.05, 0) is 24.1 Å². The fourth-order valence-electron chi connectivity index (χ4n) is 2.90. The quantitative estimate of drug-likeness (QED) is 0.695. The minimum atomic E-state index is -3.49. The van der Waals surface area contributed by atoms with E-state index in [0.717, 1.165) is 5.56 Å². The predicted octanol–water partition coefficient (Wildman–Crippen LogP) is 0.908. The molecule has 2 heterocycles. The van der Waals surface area contributed by atoms with E-state index in [2.05, 4.69) is 10.6 Å². The Morgan fingerprint density at radius 2 is 1.93 bits per heavy atom. The van der Waals surface area contributed by atoms with Crippen LogP contribution in [0.25, 0.3) is 0 Å². The van der Waals surface area contributed by atoms with Gasteiger partial charge in [-0.15, -0.1) is 0 Å². The summed E-state index contributed by atoms with van der Waals surface area (Å²) in [4.78, 5) is 23.5. The summed E-state index contributed by atoms with van der Waals surface area (Å²) in [6.07, 6.45) is 3.46. The summed E-state index contributed by atoms with van der Waals surface area (Å²) in [5.74, 6) is -0.819. The third kappa shape index (κ3) is 4.68. The van der Waals surface area contributed by atoms with E-state index in [-0.39, 0.29) is 37.1 Å². The second-order valence-corrected chi connectivity index (χ2v) is 8.15. The van der Waals surface area contributed by atoms with Crippen molar-refractivity contribution in [3.8, 4) is 0 Å². The number of amides is 2. The first-order valence-electron chi connectivity index (χ1n) is 8.63. The highest BCUT2D eigenvalue weighted by Gasteiger charge is 2.28. The standard InChI is InChI=1S/C18H21N3O5S/c22-17(5-8-20-18(23)15-7-11-26-13-15)19-9-12-27(24,25)21-10-6-14-3-1-2-4-16(14)21/h1-4,7,11,13H,5-6,8-10,12H2,(H,19,22)(H,20,23). The molecule has 0 saturated carbocycles. The fraction of sp³-hybridized carbons (Fsp3) is 0.333. The molecule has 144 valence electrons. The fourth-order valence-corrected chi connectivity index (χ4v) is 4.33. The summed E-state index contributed by atoms with van der Waals surface area (Å²) in [6.45, 7) is 0.604. The molecular formula is C18H21N3O5S. The van der Waals surface area contributed by atoms with E-state index in [9.17, 15) is 18.0 Å². The Morgan fingerprint density at radius 3 is 2.70 bits per heavy atom. The van der Waals surface area contributed by atoms with Crippen molar-refractivity contribution < 1.29 is 22.4 Å². The number of hydrogen-bond acceptors (Lipinski definition) is 5. The third-order valence-electron chi connectivity index (χ3n) is 4.28. The largest absolute Gasteiger partial charge is 0.472 e. The molecule has 0 fully saturated rings. The van der Waals surface area contributed by atoms with Crippen LogP contribution in [-0.4, -0.2) is 45.6 Å². The number of para-hydroxylation sites is 1. The van der Waals surface area contributed by atoms with Gasteiger partial charge < -0.3 is 15.1 Å². The first-order valence-corrected chi connectivity index (χ1v) is 10.2. The normalized spacial score (nSPS) is 13.3. The molecule has 0 radical (unpaired) electrons. The lowest BCUT2D eigenvalue weighted by atomic mass is 10.2. The molecule has 0 unspecified atom stereocenters. The number of fused-ring (bicyclic) bond motifs is 1. The van der Waals surface area contributed by atoms with E-state index in [1.165, 1.54) is 22.9 Å². The Hall–Kier alpha value is -2.81. The molecule has 2 aromatic rings. The summed E-state index contributed by atoms with van der Waals surface area (Å²) in [6, 6.07) is 8.94. The molecule has 1 aliphatic rings. The van der Waals surface area contributed by atoms with Gasteiger partial charge in [-0.2, -0.15) is 0 Å². The van der Waals surface area contributed by atoms with Crippen molar-refractivity contribution in [1.82, 2.24) is 10.6 Å². The molecule has 0 bridgehead atoms. The monoisotopic (exact) mass is 391 g/mol. The number of nitrogens with zero attached hydrogens (tertiary/aromatic N) is 1. The summed E-state index contributed by atoms with van der Waals surface area (Å²) in [5.41, 5.74) is 2.11. The number of anilines is 1. The molecule has 9 heteroatoms. The lowest BCUT2D eigenvalue weighted by Gasteiger charge is -2.19. The Kier molecular flexibility index (Phi) is 5.80. The SMILES string of the molecule is O=C(CCNC(=O)c1ccoc1)NCCS(=O)(=O)N1CCc2ccccc21. The predicted molar refractivity (Wildman–Crippen MR) is 99.9 cm³/mol. The number of furan rings is 1. The summed E-state index contributed by atoms with van der Waals surface area (Å²) < 4.78 is 31.3. The minimum absolute atomic E-state index is 0.0233. The highest BCUT2D eigenvalue weighted by Crippen LogP contribution is 2.29. The average molecular weight is 391 g/mol. The van der Waals surface area contributed by atoms with Crippen LogP contribution in [-0.2, 0) is 21.2 Å². The molecule has 2 amide bonds. The number of carbonyl (C=O) groups is 2. The Morgan fingerprint density at radius 1 is 1.11 bits per heavy atom. The van der Waals surface area contributed by atoms with Crippen molar-refractivity contribution in [2.75, 3.05) is 29.7 Å². The second-order valence-electron chi connectivity index (χ2n) is 6.13. The molecule has 1 aromatic heterocycles. The maximum absolute atomic E-state index is 12.5. The maximum atomic E-state index is 12.5. The van der Waals surface area contributed by atoms with E-state index >= 15 is 0 Å². The second kappa shape index (κ2) is 8.26. The van der Waals surface area contributed by atoms with Crippen LogP contribution < -0.4 is 14.9 Å². The minimum Gasteiger partial charge on any atom is -0.472 e. The van der Waals surface area contributed by atoms with Gasteiger partial charge in [-0.3, -0.25) is 13.9 Å². The van der Waals surface area contributed by atoms with Crippen LogP contribution in [0.3, 0.4) is 0 Å². The van der Waals surface area contributed by atoms with E-state index in [1.807, 2.05) is 18.2 Å². The number of carbonyl (C=O) groups excluding carboxylic acids is 2. The molecule has 3 rings (SSSR count). The molecule has 0 atom stereocenters. The van der Waals surface area contributed by atoms with Gasteiger partial charge in [0.25, 0.3) is 5.91 Å². The number of nitrogens with one attached hydrogen (secondary N) is 2. The Balaban J connectivity index is 1.40. The molecular weight excluding hydrogens is 370 g/mol. The molecule has 0 aliphatic carbocycles. The van der Waals surface area contributed by atoms with Gasteiger partial charge in [0.1, 0.15) is 6.26 Å². The lowest BCUT2D eigenvalue weighted by Crippen LogP contribution is -2.37. The molecule has 2 N–H and O–H groups in total. The van der Waals surface area contributed by atoms with Crippen LogP contribution in [0.5, 0.6) is 0 Å². The van der Waals surface area contributed by atoms with Crippen LogP contribution in [0.4, 0.5) is 5.69 Å². The van der Waals surface area contributed by atoms with Crippen LogP contribution in [0.2, 0.25) is 0 Å². The van der Waals surface area contributed by atoms with Crippen molar-refractivity contribution >= 4 is 27.5 Å². The van der Waals surface area contributed by atoms with Crippen LogP contribution in [0, 0.1) is 0 Å². The van der Waals surface area contributed by atoms with Gasteiger partial charge in [0.05, 0.1) is 23.3 Å². The number of hydrogen-bond donors (Lipinski definition) is 2. The average Bonchev–Trinajstić information content (AvgIpc) is 3.31. The molecule has 27 heavy (non-hydrogen) atoms. The number of rotatable bonds is 8. The zero-order chi connectivity index (χ0) is 19.3. The first-order chi connectivity index (χ1) is 13.0. The van der Waals surface area contributed by atoms with E-state index in [0.29, 0.717) is 24.2 Å². The molecule has 8 nitrogen and oxygen atoms in total. The van der Waals surface area contributed by atoms with E-state index < -0.39 is 10.0 Å². The third-order valence-corrected chi connectivity index (χ3v) is 6.05. The highest BCUT2D eigenvalue weighted by molar-refractivity contribution is 7.92. The summed E-state index contributed by atoms with van der Waals surface area (Å²) in [7, 11) is -3.49. The lowest BCUT2D eigenvalue weighted by molar-refractivity contribution is -0.120. The Bertz CT molecular complexity index is 909. The molecule has 0 spiro atoms. The van der Waals surface area contributed by atoms with E-state index in [4.69, 9.17) is 4.42 Å². The van der Waals surface area contributed by atoms with Crippen molar-refractivity contribution in [3.63, 3.8) is 0 Å². The number of sulfonamides is 1. The topological polar surface area (TPSA) is 109 Å². The highest BCUT2D eigenvalue weighted by atomic mass is 32.2. The molecule has 0 saturated heterocycles. The van der Waals surface area contributed by atoms with Gasteiger partial charge >= 0.3 is 0 Å². The zero-order valence-corrected chi connectivity index (χ0v) is 15.5. The van der Waals surface area contributed by atoms with Gasteiger partial charge in [-0.1, -0.05) is 18.2 Å². The van der Waals surface area contributed by atoms with E-state index in [1.54, 1.807) is 6.07 Å². The van der Waals surface area contributed by atoms with Crippen molar-refractivity contribution in [2.24, 2.45) is 0 Å². The van der Waals surface area contributed by atoms with Gasteiger partial charge in [0, 0.05) is 26.1 Å². The van der Waals surface area contributed by atoms with Crippen LogP contribution >= 0.6 is 0 Å². The maximum Gasteiger partial charge on any atom is 0.254 e. The van der Waals surface area contributed by atoms with Gasteiger partial charge in [0.2, 0.25) is 15.9 Å². The van der Waals surface area contributed by atoms with Crippen molar-refractivity contribution in [2.45, 2.75) is 12.8 Å². The zero-order valence-electron chi connectivity index (χ0n) is 14.7. The first kappa shape index (κ1) is 19.0.